The van der Waals surface area contributed by atoms with E-state index in [2.05, 4.69) is 6.07 Å². The second-order valence-electron chi connectivity index (χ2n) is 8.95. The molecule has 1 aromatic carbocycles. The van der Waals surface area contributed by atoms with Gasteiger partial charge in [0.2, 0.25) is 11.8 Å². The van der Waals surface area contributed by atoms with E-state index in [9.17, 15) is 14.4 Å². The van der Waals surface area contributed by atoms with Crippen molar-refractivity contribution in [2.75, 3.05) is 19.6 Å². The van der Waals surface area contributed by atoms with Gasteiger partial charge >= 0.3 is 0 Å². The fourth-order valence-electron chi connectivity index (χ4n) is 4.97. The van der Waals surface area contributed by atoms with E-state index < -0.39 is 5.60 Å². The van der Waals surface area contributed by atoms with Crippen LogP contribution in [-0.2, 0) is 20.9 Å². The number of carbonyl (C=O) groups is 3. The summed E-state index contributed by atoms with van der Waals surface area (Å²) in [5.41, 5.74) is 1.58. The predicted molar refractivity (Wildman–Crippen MR) is 108 cm³/mol. The highest BCUT2D eigenvalue weighted by Crippen LogP contribution is 2.36. The molecule has 2 amide bonds. The van der Waals surface area contributed by atoms with Crippen LogP contribution >= 0.6 is 0 Å². The molecule has 0 bridgehead atoms. The predicted octanol–water partition coefficient (Wildman–Crippen LogP) is 2.86. The SMILES string of the molecule is CC(=O)N1Cc2cc(C)ccc2OC2(CCCN(C(=O)C3CCC(=O)CC3)C2)C1. The van der Waals surface area contributed by atoms with Crippen LogP contribution in [0.15, 0.2) is 18.2 Å². The summed E-state index contributed by atoms with van der Waals surface area (Å²) in [6, 6.07) is 6.10. The smallest absolute Gasteiger partial charge is 0.225 e. The lowest BCUT2D eigenvalue weighted by molar-refractivity contribution is -0.144. The number of benzene rings is 1. The van der Waals surface area contributed by atoms with Crippen molar-refractivity contribution < 1.29 is 19.1 Å². The average Bonchev–Trinajstić information content (AvgIpc) is 2.84. The fourth-order valence-corrected chi connectivity index (χ4v) is 4.97. The normalized spacial score (nSPS) is 25.4. The molecule has 2 heterocycles. The fraction of sp³-hybridized carbons (Fsp3) is 0.609. The Hall–Kier alpha value is -2.37. The van der Waals surface area contributed by atoms with Crippen molar-refractivity contribution in [3.8, 4) is 5.75 Å². The number of likely N-dealkylation sites (tertiary alicyclic amines) is 1. The Kier molecular flexibility index (Phi) is 5.36. The molecule has 1 unspecified atom stereocenters. The number of Topliss-reactive ketones (excluding diaryl/α,β-unsaturated/α-hetero) is 1. The average molecular weight is 399 g/mol. The van der Waals surface area contributed by atoms with Crippen molar-refractivity contribution in [1.82, 2.24) is 9.80 Å². The second-order valence-corrected chi connectivity index (χ2v) is 8.95. The third kappa shape index (κ3) is 4.16. The van der Waals surface area contributed by atoms with Crippen LogP contribution in [0.25, 0.3) is 0 Å². The van der Waals surface area contributed by atoms with E-state index in [1.807, 2.05) is 28.9 Å². The molecule has 4 rings (SSSR count). The highest BCUT2D eigenvalue weighted by Gasteiger charge is 2.44. The van der Waals surface area contributed by atoms with Crippen LogP contribution < -0.4 is 4.74 Å². The quantitative estimate of drug-likeness (QED) is 0.730. The number of ketones is 1. The van der Waals surface area contributed by atoms with E-state index in [0.29, 0.717) is 45.3 Å². The molecule has 0 N–H and O–H groups in total. The molecule has 0 radical (unpaired) electrons. The minimum Gasteiger partial charge on any atom is -0.483 e. The molecule has 2 aliphatic heterocycles. The van der Waals surface area contributed by atoms with E-state index in [1.165, 1.54) is 0 Å². The molecule has 1 atom stereocenters. The molecular weight excluding hydrogens is 368 g/mol. The van der Waals surface area contributed by atoms with Gasteiger partial charge in [0.25, 0.3) is 0 Å². The van der Waals surface area contributed by atoms with Crippen LogP contribution in [0.4, 0.5) is 0 Å². The molecule has 3 aliphatic rings. The number of hydrogen-bond donors (Lipinski definition) is 0. The van der Waals surface area contributed by atoms with E-state index in [0.717, 1.165) is 36.3 Å². The molecule has 1 saturated carbocycles. The van der Waals surface area contributed by atoms with Gasteiger partial charge in [-0.2, -0.15) is 0 Å². The lowest BCUT2D eigenvalue weighted by Gasteiger charge is -2.44. The summed E-state index contributed by atoms with van der Waals surface area (Å²) >= 11 is 0. The number of fused-ring (bicyclic) bond motifs is 1. The van der Waals surface area contributed by atoms with Crippen LogP contribution in [0.5, 0.6) is 5.75 Å². The highest BCUT2D eigenvalue weighted by molar-refractivity contribution is 5.84. The lowest BCUT2D eigenvalue weighted by atomic mass is 9.85. The number of nitrogens with zero attached hydrogens (tertiary/aromatic N) is 2. The maximum atomic E-state index is 13.2. The van der Waals surface area contributed by atoms with Gasteiger partial charge in [0.05, 0.1) is 13.1 Å². The van der Waals surface area contributed by atoms with E-state index in [1.54, 1.807) is 6.92 Å². The number of rotatable bonds is 1. The largest absolute Gasteiger partial charge is 0.483 e. The minimum atomic E-state index is -0.579. The van der Waals surface area contributed by atoms with Gasteiger partial charge in [0, 0.05) is 44.3 Å². The number of ether oxygens (including phenoxy) is 1. The molecule has 1 spiro atoms. The Balaban J connectivity index is 1.58. The van der Waals surface area contributed by atoms with Crippen LogP contribution in [-0.4, -0.2) is 52.6 Å². The van der Waals surface area contributed by atoms with Crippen LogP contribution in [0.1, 0.15) is 56.6 Å². The summed E-state index contributed by atoms with van der Waals surface area (Å²) in [4.78, 5) is 40.8. The van der Waals surface area contributed by atoms with Gasteiger partial charge in [-0.05, 0) is 38.7 Å². The number of amides is 2. The first-order valence-electron chi connectivity index (χ1n) is 10.7. The van der Waals surface area contributed by atoms with Crippen LogP contribution in [0.3, 0.4) is 0 Å². The Labute approximate surface area is 172 Å². The molecule has 6 nitrogen and oxygen atoms in total. The number of hydrogen-bond acceptors (Lipinski definition) is 4. The third-order valence-electron chi connectivity index (χ3n) is 6.57. The Morgan fingerprint density at radius 1 is 1.14 bits per heavy atom. The van der Waals surface area contributed by atoms with Crippen molar-refractivity contribution in [3.63, 3.8) is 0 Å². The van der Waals surface area contributed by atoms with Gasteiger partial charge in [0.15, 0.2) is 0 Å². The van der Waals surface area contributed by atoms with E-state index >= 15 is 0 Å². The van der Waals surface area contributed by atoms with Gasteiger partial charge in [-0.15, -0.1) is 0 Å². The highest BCUT2D eigenvalue weighted by atomic mass is 16.5. The maximum absolute atomic E-state index is 13.2. The second kappa shape index (κ2) is 7.81. The van der Waals surface area contributed by atoms with Gasteiger partial charge in [0.1, 0.15) is 17.1 Å². The summed E-state index contributed by atoms with van der Waals surface area (Å²) < 4.78 is 6.56. The van der Waals surface area contributed by atoms with Gasteiger partial charge in [-0.3, -0.25) is 14.4 Å². The third-order valence-corrected chi connectivity index (χ3v) is 6.57. The first-order valence-corrected chi connectivity index (χ1v) is 10.7. The van der Waals surface area contributed by atoms with Crippen molar-refractivity contribution >= 4 is 17.6 Å². The molecule has 156 valence electrons. The zero-order chi connectivity index (χ0) is 20.6. The van der Waals surface area contributed by atoms with Crippen molar-refractivity contribution in [3.05, 3.63) is 29.3 Å². The first kappa shape index (κ1) is 19.9. The summed E-state index contributed by atoms with van der Waals surface area (Å²) in [6.45, 7) is 5.87. The zero-order valence-electron chi connectivity index (χ0n) is 17.4. The van der Waals surface area contributed by atoms with Gasteiger partial charge < -0.3 is 14.5 Å². The first-order chi connectivity index (χ1) is 13.8. The van der Waals surface area contributed by atoms with E-state index in [4.69, 9.17) is 4.74 Å². The van der Waals surface area contributed by atoms with Crippen LogP contribution in [0.2, 0.25) is 0 Å². The van der Waals surface area contributed by atoms with Crippen molar-refractivity contribution in [2.45, 2.75) is 64.5 Å². The Morgan fingerprint density at radius 3 is 2.59 bits per heavy atom. The molecule has 1 saturated heterocycles. The molecule has 0 aromatic heterocycles. The summed E-state index contributed by atoms with van der Waals surface area (Å²) in [6.07, 6.45) is 4.00. The van der Waals surface area contributed by atoms with E-state index in [-0.39, 0.29) is 23.5 Å². The Morgan fingerprint density at radius 2 is 1.86 bits per heavy atom. The lowest BCUT2D eigenvalue weighted by Crippen LogP contribution is -2.59. The molecule has 29 heavy (non-hydrogen) atoms. The van der Waals surface area contributed by atoms with Crippen molar-refractivity contribution in [1.29, 1.82) is 0 Å². The molecule has 6 heteroatoms. The van der Waals surface area contributed by atoms with Gasteiger partial charge in [-0.25, -0.2) is 0 Å². The van der Waals surface area contributed by atoms with Crippen LogP contribution in [0, 0.1) is 12.8 Å². The maximum Gasteiger partial charge on any atom is 0.225 e. The van der Waals surface area contributed by atoms with Gasteiger partial charge in [-0.1, -0.05) is 17.7 Å². The number of aryl methyl sites for hydroxylation is 1. The zero-order valence-corrected chi connectivity index (χ0v) is 17.4. The minimum absolute atomic E-state index is 0.0246. The topological polar surface area (TPSA) is 66.9 Å². The number of carbonyl (C=O) groups excluding carboxylic acids is 3. The molecule has 1 aromatic rings. The summed E-state index contributed by atoms with van der Waals surface area (Å²) in [5.74, 6) is 1.18. The number of piperidine rings is 1. The molecule has 2 fully saturated rings. The molecule has 1 aliphatic carbocycles. The standard InChI is InChI=1S/C23H30N2O4/c1-16-4-9-21-19(12-16)13-25(17(2)26)15-23(29-21)10-3-11-24(14-23)22(28)18-5-7-20(27)8-6-18/h4,9,12,18H,3,5-8,10-11,13-15H2,1-2H3. The Bertz CT molecular complexity index is 826. The monoisotopic (exact) mass is 398 g/mol. The van der Waals surface area contributed by atoms with Crippen molar-refractivity contribution in [2.24, 2.45) is 5.92 Å². The summed E-state index contributed by atoms with van der Waals surface area (Å²) in [5, 5.41) is 0. The summed E-state index contributed by atoms with van der Waals surface area (Å²) in [7, 11) is 0. The molecular formula is C23H30N2O4.